The number of hydrogen-bond acceptors (Lipinski definition) is 2. The van der Waals surface area contributed by atoms with Gasteiger partial charge >= 0.3 is 12.0 Å². The van der Waals surface area contributed by atoms with Gasteiger partial charge in [0.1, 0.15) is 0 Å². The number of benzene rings is 1. The van der Waals surface area contributed by atoms with Crippen LogP contribution in [0.5, 0.6) is 0 Å². The molecule has 0 fully saturated rings. The molecule has 5 nitrogen and oxygen atoms in total. The van der Waals surface area contributed by atoms with Crippen LogP contribution in [0.1, 0.15) is 42.6 Å². The van der Waals surface area contributed by atoms with E-state index in [9.17, 15) is 9.59 Å². The molecule has 0 radical (unpaired) electrons. The number of hydrogen-bond donors (Lipinski definition) is 2. The minimum absolute atomic E-state index is 0.139. The number of anilines is 1. The van der Waals surface area contributed by atoms with E-state index in [2.05, 4.69) is 5.32 Å². The number of carbonyl (C=O) groups is 2. The number of carboxylic acid groups (broad SMARTS) is 1. The van der Waals surface area contributed by atoms with Gasteiger partial charge in [-0.25, -0.2) is 9.59 Å². The molecular formula is C15H22N2O3. The second-order valence-electron chi connectivity index (χ2n) is 4.75. The number of rotatable bonds is 6. The Hall–Kier alpha value is -2.04. The predicted octanol–water partition coefficient (Wildman–Crippen LogP) is 3.35. The molecule has 0 heterocycles. The molecule has 20 heavy (non-hydrogen) atoms. The fourth-order valence-electron chi connectivity index (χ4n) is 1.99. The summed E-state index contributed by atoms with van der Waals surface area (Å²) in [5.74, 6) is -0.968. The van der Waals surface area contributed by atoms with E-state index in [0.29, 0.717) is 18.8 Å². The molecule has 0 aromatic heterocycles. The van der Waals surface area contributed by atoms with Crippen LogP contribution in [0.15, 0.2) is 18.2 Å². The third kappa shape index (κ3) is 4.26. The Bertz CT molecular complexity index is 480. The van der Waals surface area contributed by atoms with Crippen molar-refractivity contribution in [1.82, 2.24) is 4.90 Å². The average molecular weight is 278 g/mol. The number of aryl methyl sites for hydroxylation is 1. The highest BCUT2D eigenvalue weighted by atomic mass is 16.4. The van der Waals surface area contributed by atoms with E-state index >= 15 is 0 Å². The van der Waals surface area contributed by atoms with Crippen molar-refractivity contribution < 1.29 is 14.7 Å². The number of nitrogens with one attached hydrogen (secondary N) is 1. The largest absolute Gasteiger partial charge is 0.478 e. The fourth-order valence-corrected chi connectivity index (χ4v) is 1.99. The number of carbonyl (C=O) groups excluding carboxylic acids is 1. The van der Waals surface area contributed by atoms with Gasteiger partial charge in [0.25, 0.3) is 0 Å². The van der Waals surface area contributed by atoms with Crippen molar-refractivity contribution in [1.29, 1.82) is 0 Å². The van der Waals surface area contributed by atoms with Gasteiger partial charge in [-0.1, -0.05) is 13.8 Å². The van der Waals surface area contributed by atoms with E-state index in [1.54, 1.807) is 24.0 Å². The highest BCUT2D eigenvalue weighted by Gasteiger charge is 2.13. The van der Waals surface area contributed by atoms with Crippen molar-refractivity contribution in [3.8, 4) is 0 Å². The van der Waals surface area contributed by atoms with Crippen LogP contribution in [-0.4, -0.2) is 35.1 Å². The lowest BCUT2D eigenvalue weighted by Crippen LogP contribution is -2.36. The summed E-state index contributed by atoms with van der Waals surface area (Å²) in [6.07, 6.45) is 1.81. The second kappa shape index (κ2) is 7.53. The summed E-state index contributed by atoms with van der Waals surface area (Å²) < 4.78 is 0. The number of amides is 2. The number of aromatic carboxylic acids is 1. The summed E-state index contributed by atoms with van der Waals surface area (Å²) in [5, 5.41) is 11.8. The van der Waals surface area contributed by atoms with Crippen LogP contribution >= 0.6 is 0 Å². The third-order valence-electron chi connectivity index (χ3n) is 2.99. The molecular weight excluding hydrogens is 256 g/mol. The first-order valence-electron chi connectivity index (χ1n) is 6.89. The standard InChI is InChI=1S/C15H22N2O3/c1-4-8-17(9-5-2)15(20)16-13-7-6-12(14(18)19)10-11(13)3/h6-7,10H,4-5,8-9H2,1-3H3,(H,16,20)(H,18,19). The summed E-state index contributed by atoms with van der Waals surface area (Å²) >= 11 is 0. The van der Waals surface area contributed by atoms with Gasteiger partial charge in [0.05, 0.1) is 5.56 Å². The molecule has 2 N–H and O–H groups in total. The molecule has 0 saturated heterocycles. The Morgan fingerprint density at radius 2 is 1.80 bits per heavy atom. The van der Waals surface area contributed by atoms with Gasteiger partial charge in [-0.15, -0.1) is 0 Å². The lowest BCUT2D eigenvalue weighted by Gasteiger charge is -2.22. The molecule has 0 bridgehead atoms. The van der Waals surface area contributed by atoms with Crippen molar-refractivity contribution in [2.24, 2.45) is 0 Å². The minimum atomic E-state index is -0.968. The summed E-state index contributed by atoms with van der Waals surface area (Å²) in [5.41, 5.74) is 1.61. The van der Waals surface area contributed by atoms with Crippen LogP contribution in [-0.2, 0) is 0 Å². The molecule has 0 aliphatic rings. The van der Waals surface area contributed by atoms with E-state index in [1.165, 1.54) is 6.07 Å². The molecule has 0 spiro atoms. The lowest BCUT2D eigenvalue weighted by molar-refractivity contribution is 0.0697. The number of carboxylic acids is 1. The smallest absolute Gasteiger partial charge is 0.335 e. The minimum Gasteiger partial charge on any atom is -0.478 e. The van der Waals surface area contributed by atoms with Crippen molar-refractivity contribution in [3.05, 3.63) is 29.3 Å². The SMILES string of the molecule is CCCN(CCC)C(=O)Nc1ccc(C(=O)O)cc1C. The molecule has 0 aliphatic heterocycles. The number of nitrogens with zero attached hydrogens (tertiary/aromatic N) is 1. The van der Waals surface area contributed by atoms with Gasteiger partial charge in [0.2, 0.25) is 0 Å². The van der Waals surface area contributed by atoms with E-state index in [0.717, 1.165) is 18.4 Å². The van der Waals surface area contributed by atoms with Gasteiger partial charge in [0.15, 0.2) is 0 Å². The Labute approximate surface area is 119 Å². The Kier molecular flexibility index (Phi) is 6.03. The summed E-state index contributed by atoms with van der Waals surface area (Å²) in [6, 6.07) is 4.55. The normalized spacial score (nSPS) is 10.2. The highest BCUT2D eigenvalue weighted by Crippen LogP contribution is 2.17. The van der Waals surface area contributed by atoms with Gasteiger partial charge < -0.3 is 15.3 Å². The summed E-state index contributed by atoms with van der Waals surface area (Å²) in [7, 11) is 0. The zero-order chi connectivity index (χ0) is 15.1. The van der Waals surface area contributed by atoms with E-state index in [-0.39, 0.29) is 11.6 Å². The Balaban J connectivity index is 2.81. The van der Waals surface area contributed by atoms with Crippen LogP contribution in [0.2, 0.25) is 0 Å². The van der Waals surface area contributed by atoms with Crippen LogP contribution < -0.4 is 5.32 Å². The van der Waals surface area contributed by atoms with E-state index in [1.807, 2.05) is 13.8 Å². The number of urea groups is 1. The molecule has 0 saturated carbocycles. The van der Waals surface area contributed by atoms with E-state index in [4.69, 9.17) is 5.11 Å². The van der Waals surface area contributed by atoms with Crippen LogP contribution in [0.25, 0.3) is 0 Å². The Morgan fingerprint density at radius 1 is 1.20 bits per heavy atom. The zero-order valence-electron chi connectivity index (χ0n) is 12.3. The van der Waals surface area contributed by atoms with Crippen molar-refractivity contribution in [2.45, 2.75) is 33.6 Å². The summed E-state index contributed by atoms with van der Waals surface area (Å²) in [6.45, 7) is 7.27. The third-order valence-corrected chi connectivity index (χ3v) is 2.99. The second-order valence-corrected chi connectivity index (χ2v) is 4.75. The van der Waals surface area contributed by atoms with Crippen LogP contribution in [0.3, 0.4) is 0 Å². The first-order chi connectivity index (χ1) is 9.49. The molecule has 1 aromatic rings. The van der Waals surface area contributed by atoms with Gasteiger partial charge in [-0.3, -0.25) is 0 Å². The predicted molar refractivity (Wildman–Crippen MR) is 79.3 cm³/mol. The average Bonchev–Trinajstić information content (AvgIpc) is 2.40. The van der Waals surface area contributed by atoms with Crippen molar-refractivity contribution in [2.75, 3.05) is 18.4 Å². The monoisotopic (exact) mass is 278 g/mol. The maximum Gasteiger partial charge on any atom is 0.335 e. The molecule has 5 heteroatoms. The van der Waals surface area contributed by atoms with Gasteiger partial charge in [0, 0.05) is 18.8 Å². The molecule has 1 rings (SSSR count). The maximum absolute atomic E-state index is 12.2. The first kappa shape index (κ1) is 16.0. The Morgan fingerprint density at radius 3 is 2.25 bits per heavy atom. The van der Waals surface area contributed by atoms with Crippen molar-refractivity contribution in [3.63, 3.8) is 0 Å². The topological polar surface area (TPSA) is 69.6 Å². The highest BCUT2D eigenvalue weighted by molar-refractivity contribution is 5.92. The van der Waals surface area contributed by atoms with Crippen molar-refractivity contribution >= 4 is 17.7 Å². The van der Waals surface area contributed by atoms with E-state index < -0.39 is 5.97 Å². The fraction of sp³-hybridized carbons (Fsp3) is 0.467. The molecule has 1 aromatic carbocycles. The van der Waals surface area contributed by atoms with Gasteiger partial charge in [-0.05, 0) is 43.5 Å². The molecule has 0 atom stereocenters. The lowest BCUT2D eigenvalue weighted by atomic mass is 10.1. The molecule has 0 aliphatic carbocycles. The first-order valence-corrected chi connectivity index (χ1v) is 6.89. The maximum atomic E-state index is 12.2. The quantitative estimate of drug-likeness (QED) is 0.838. The molecule has 110 valence electrons. The molecule has 2 amide bonds. The van der Waals surface area contributed by atoms with Crippen LogP contribution in [0, 0.1) is 6.92 Å². The van der Waals surface area contributed by atoms with Gasteiger partial charge in [-0.2, -0.15) is 0 Å². The molecule has 0 unspecified atom stereocenters. The zero-order valence-corrected chi connectivity index (χ0v) is 12.3. The summed E-state index contributed by atoms with van der Waals surface area (Å²) in [4.78, 5) is 24.8. The van der Waals surface area contributed by atoms with Crippen LogP contribution in [0.4, 0.5) is 10.5 Å².